The van der Waals surface area contributed by atoms with Crippen molar-refractivity contribution in [3.63, 3.8) is 0 Å². The number of amides is 1. The number of ether oxygens (including phenoxy) is 1. The van der Waals surface area contributed by atoms with Gasteiger partial charge in [-0.1, -0.05) is 0 Å². The first-order chi connectivity index (χ1) is 15.7. The summed E-state index contributed by atoms with van der Waals surface area (Å²) in [6.45, 7) is 4.20. The van der Waals surface area contributed by atoms with Gasteiger partial charge in [-0.25, -0.2) is 0 Å². The maximum absolute atomic E-state index is 13.1. The first-order valence-corrected chi connectivity index (χ1v) is 12.5. The van der Waals surface area contributed by atoms with E-state index in [0.717, 1.165) is 87.2 Å². The summed E-state index contributed by atoms with van der Waals surface area (Å²) in [6, 6.07) is 4.82. The highest BCUT2D eigenvalue weighted by Gasteiger charge is 2.39. The van der Waals surface area contributed by atoms with Crippen LogP contribution in [0, 0.1) is 5.92 Å². The highest BCUT2D eigenvalue weighted by molar-refractivity contribution is 5.99. The predicted molar refractivity (Wildman–Crippen MR) is 123 cm³/mol. The fourth-order valence-electron chi connectivity index (χ4n) is 5.27. The van der Waals surface area contributed by atoms with E-state index in [4.69, 9.17) is 9.84 Å². The Morgan fingerprint density at radius 2 is 1.91 bits per heavy atom. The second-order valence-corrected chi connectivity index (χ2v) is 10.0. The number of nitrogens with one attached hydrogen (secondary N) is 1. The van der Waals surface area contributed by atoms with Crippen molar-refractivity contribution in [2.45, 2.75) is 82.9 Å². The van der Waals surface area contributed by atoms with E-state index in [0.29, 0.717) is 6.04 Å². The summed E-state index contributed by atoms with van der Waals surface area (Å²) in [5, 5.41) is 12.9. The summed E-state index contributed by atoms with van der Waals surface area (Å²) >= 11 is 0. The lowest BCUT2D eigenvalue weighted by atomic mass is 9.91. The molecule has 1 saturated heterocycles. The van der Waals surface area contributed by atoms with Crippen LogP contribution in [0.15, 0.2) is 18.3 Å². The number of carbonyl (C=O) groups is 1. The Morgan fingerprint density at radius 3 is 2.62 bits per heavy atom. The van der Waals surface area contributed by atoms with Crippen molar-refractivity contribution < 1.29 is 9.53 Å². The number of anilines is 1. The molecule has 1 aromatic heterocycles. The number of rotatable bonds is 5. The molecule has 2 aromatic rings. The Hall–Kier alpha value is -2.41. The summed E-state index contributed by atoms with van der Waals surface area (Å²) in [5.74, 6) is 1.44. The molecule has 6 rings (SSSR count). The molecule has 2 aliphatic heterocycles. The summed E-state index contributed by atoms with van der Waals surface area (Å²) in [4.78, 5) is 17.1. The molecule has 1 aromatic carbocycles. The SMILES string of the molecule is CC1CCc2c(ccc(-c3cnn(C4CCNCC4)n3)c2OC2CCC2)N1C(=O)C1CC1. The summed E-state index contributed by atoms with van der Waals surface area (Å²) in [5.41, 5.74) is 4.12. The van der Waals surface area contributed by atoms with E-state index in [1.165, 1.54) is 12.0 Å². The van der Waals surface area contributed by atoms with Crippen LogP contribution in [-0.4, -0.2) is 46.1 Å². The first kappa shape index (κ1) is 20.2. The average molecular weight is 436 g/mol. The molecule has 0 bridgehead atoms. The minimum absolute atomic E-state index is 0.212. The van der Waals surface area contributed by atoms with E-state index in [1.807, 2.05) is 11.0 Å². The van der Waals surface area contributed by atoms with Gasteiger partial charge in [0.05, 0.1) is 24.0 Å². The Bertz CT molecular complexity index is 1000. The highest BCUT2D eigenvalue weighted by atomic mass is 16.5. The van der Waals surface area contributed by atoms with Crippen molar-refractivity contribution >= 4 is 11.6 Å². The zero-order chi connectivity index (χ0) is 21.7. The Balaban J connectivity index is 1.39. The first-order valence-electron chi connectivity index (χ1n) is 12.5. The van der Waals surface area contributed by atoms with Crippen molar-refractivity contribution in [2.24, 2.45) is 5.92 Å². The van der Waals surface area contributed by atoms with Crippen LogP contribution in [0.5, 0.6) is 5.75 Å². The van der Waals surface area contributed by atoms with Crippen LogP contribution >= 0.6 is 0 Å². The maximum Gasteiger partial charge on any atom is 0.230 e. The van der Waals surface area contributed by atoms with Gasteiger partial charge in [0.25, 0.3) is 0 Å². The molecule has 7 nitrogen and oxygen atoms in total. The van der Waals surface area contributed by atoms with Crippen molar-refractivity contribution in [1.29, 1.82) is 0 Å². The van der Waals surface area contributed by atoms with E-state index < -0.39 is 0 Å². The summed E-state index contributed by atoms with van der Waals surface area (Å²) in [6.07, 6.45) is 11.7. The smallest absolute Gasteiger partial charge is 0.230 e. The van der Waals surface area contributed by atoms with Gasteiger partial charge in [0.15, 0.2) is 0 Å². The zero-order valence-corrected chi connectivity index (χ0v) is 18.9. The topological polar surface area (TPSA) is 72.3 Å². The van der Waals surface area contributed by atoms with E-state index in [2.05, 4.69) is 34.4 Å². The maximum atomic E-state index is 13.1. The molecule has 2 saturated carbocycles. The molecular formula is C25H33N5O2. The quantitative estimate of drug-likeness (QED) is 0.772. The lowest BCUT2D eigenvalue weighted by Crippen LogP contribution is -2.43. The molecule has 3 heterocycles. The van der Waals surface area contributed by atoms with Crippen LogP contribution in [0.1, 0.15) is 69.9 Å². The van der Waals surface area contributed by atoms with Crippen molar-refractivity contribution in [1.82, 2.24) is 20.3 Å². The van der Waals surface area contributed by atoms with Crippen molar-refractivity contribution in [2.75, 3.05) is 18.0 Å². The third-order valence-corrected chi connectivity index (χ3v) is 7.67. The van der Waals surface area contributed by atoms with Crippen LogP contribution in [-0.2, 0) is 11.2 Å². The van der Waals surface area contributed by atoms with E-state index in [1.54, 1.807) is 0 Å². The monoisotopic (exact) mass is 435 g/mol. The van der Waals surface area contributed by atoms with Gasteiger partial charge in [0.2, 0.25) is 5.91 Å². The predicted octanol–water partition coefficient (Wildman–Crippen LogP) is 3.88. The number of hydrogen-bond acceptors (Lipinski definition) is 5. The van der Waals surface area contributed by atoms with E-state index in [-0.39, 0.29) is 24.0 Å². The van der Waals surface area contributed by atoms with Crippen LogP contribution < -0.4 is 15.0 Å². The number of nitrogens with zero attached hydrogens (tertiary/aromatic N) is 4. The van der Waals surface area contributed by atoms with Gasteiger partial charge in [0.1, 0.15) is 11.4 Å². The van der Waals surface area contributed by atoms with Gasteiger partial charge in [-0.05, 0) is 89.9 Å². The molecule has 1 atom stereocenters. The summed E-state index contributed by atoms with van der Waals surface area (Å²) in [7, 11) is 0. The van der Waals surface area contributed by atoms with Gasteiger partial charge < -0.3 is 15.0 Å². The largest absolute Gasteiger partial charge is 0.489 e. The van der Waals surface area contributed by atoms with Gasteiger partial charge in [0, 0.05) is 23.1 Å². The molecule has 1 unspecified atom stereocenters. The van der Waals surface area contributed by atoms with Crippen molar-refractivity contribution in [3.8, 4) is 17.0 Å². The van der Waals surface area contributed by atoms with Gasteiger partial charge in [-0.2, -0.15) is 15.0 Å². The molecule has 1 N–H and O–H groups in total. The Kier molecular flexibility index (Phi) is 5.17. The average Bonchev–Trinajstić information content (AvgIpc) is 3.53. The van der Waals surface area contributed by atoms with E-state index >= 15 is 0 Å². The molecule has 7 heteroatoms. The van der Waals surface area contributed by atoms with Crippen LogP contribution in [0.2, 0.25) is 0 Å². The number of aromatic nitrogens is 3. The normalized spacial score (nSPS) is 24.2. The van der Waals surface area contributed by atoms with Gasteiger partial charge in [-0.3, -0.25) is 4.79 Å². The van der Waals surface area contributed by atoms with Crippen molar-refractivity contribution in [3.05, 3.63) is 23.9 Å². The number of hydrogen-bond donors (Lipinski definition) is 1. The van der Waals surface area contributed by atoms with Crippen LogP contribution in [0.3, 0.4) is 0 Å². The lowest BCUT2D eigenvalue weighted by molar-refractivity contribution is -0.120. The van der Waals surface area contributed by atoms with E-state index in [9.17, 15) is 4.79 Å². The minimum atomic E-state index is 0.212. The standard InChI is InChI=1S/C25H33N5O2/c1-16-5-8-21-23(29(16)25(31)17-6-7-17)10-9-20(24(21)32-19-3-2-4-19)22-15-27-30(28-22)18-11-13-26-14-12-18/h9-10,15-19,26H,2-8,11-14H2,1H3. The molecule has 0 radical (unpaired) electrons. The number of benzene rings is 1. The van der Waals surface area contributed by atoms with Gasteiger partial charge >= 0.3 is 0 Å². The fraction of sp³-hybridized carbons (Fsp3) is 0.640. The Morgan fingerprint density at radius 1 is 1.09 bits per heavy atom. The minimum Gasteiger partial charge on any atom is -0.489 e. The molecule has 32 heavy (non-hydrogen) atoms. The Labute approximate surface area is 189 Å². The van der Waals surface area contributed by atoms with Gasteiger partial charge in [-0.15, -0.1) is 0 Å². The molecule has 1 amide bonds. The second-order valence-electron chi connectivity index (χ2n) is 10.0. The lowest BCUT2D eigenvalue weighted by Gasteiger charge is -2.38. The molecular weight excluding hydrogens is 402 g/mol. The third kappa shape index (κ3) is 3.60. The molecule has 3 fully saturated rings. The molecule has 170 valence electrons. The molecule has 2 aliphatic carbocycles. The van der Waals surface area contributed by atoms with Crippen LogP contribution in [0.25, 0.3) is 11.3 Å². The second kappa shape index (κ2) is 8.18. The third-order valence-electron chi connectivity index (χ3n) is 7.67. The zero-order valence-electron chi connectivity index (χ0n) is 18.9. The summed E-state index contributed by atoms with van der Waals surface area (Å²) < 4.78 is 6.60. The highest BCUT2D eigenvalue weighted by Crippen LogP contribution is 2.45. The number of carbonyl (C=O) groups excluding carboxylic acids is 1. The van der Waals surface area contributed by atoms with Crippen LogP contribution in [0.4, 0.5) is 5.69 Å². The number of fused-ring (bicyclic) bond motifs is 1. The number of piperidine rings is 1. The molecule has 0 spiro atoms. The molecule has 4 aliphatic rings. The fourth-order valence-corrected chi connectivity index (χ4v) is 5.27.